The van der Waals surface area contributed by atoms with E-state index in [4.69, 9.17) is 0 Å². The van der Waals surface area contributed by atoms with Gasteiger partial charge in [-0.25, -0.2) is 9.37 Å². The number of rotatable bonds is 3. The summed E-state index contributed by atoms with van der Waals surface area (Å²) in [6.07, 6.45) is 0. The number of benzene rings is 2. The molecule has 26 heavy (non-hydrogen) atoms. The van der Waals surface area contributed by atoms with Crippen molar-refractivity contribution in [2.24, 2.45) is 0 Å². The van der Waals surface area contributed by atoms with E-state index in [1.165, 1.54) is 12.1 Å². The van der Waals surface area contributed by atoms with Gasteiger partial charge in [-0.05, 0) is 61.5 Å². The van der Waals surface area contributed by atoms with Crippen LogP contribution in [-0.2, 0) is 0 Å². The molecule has 1 N–H and O–H groups in total. The van der Waals surface area contributed by atoms with Crippen LogP contribution in [-0.4, -0.2) is 15.9 Å². The molecule has 0 unspecified atom stereocenters. The van der Waals surface area contributed by atoms with Crippen molar-refractivity contribution in [3.63, 3.8) is 0 Å². The molecule has 0 spiro atoms. The Morgan fingerprint density at radius 2 is 1.88 bits per heavy atom. The molecule has 4 aromatic rings. The molecule has 128 valence electrons. The summed E-state index contributed by atoms with van der Waals surface area (Å²) in [4.78, 5) is 21.3. The van der Waals surface area contributed by atoms with Gasteiger partial charge in [-0.2, -0.15) is 0 Å². The molecular weight excluding hydrogens is 349 g/mol. The van der Waals surface area contributed by atoms with Gasteiger partial charge >= 0.3 is 0 Å². The van der Waals surface area contributed by atoms with Crippen molar-refractivity contribution in [1.82, 2.24) is 9.97 Å². The lowest BCUT2D eigenvalue weighted by molar-refractivity contribution is 0.102. The molecule has 0 saturated carbocycles. The average molecular weight is 363 g/mol. The quantitative estimate of drug-likeness (QED) is 0.554. The van der Waals surface area contributed by atoms with Gasteiger partial charge in [0.2, 0.25) is 0 Å². The summed E-state index contributed by atoms with van der Waals surface area (Å²) < 4.78 is 14.1. The summed E-state index contributed by atoms with van der Waals surface area (Å²) in [5.41, 5.74) is 5.93. The number of hydrogen-bond donors (Lipinski definition) is 1. The first-order valence-electron chi connectivity index (χ1n) is 7.98. The van der Waals surface area contributed by atoms with Crippen molar-refractivity contribution in [3.05, 3.63) is 77.2 Å². The number of nitrogens with zero attached hydrogens (tertiary/aromatic N) is 2. The van der Waals surface area contributed by atoms with Crippen molar-refractivity contribution in [1.29, 1.82) is 0 Å². The third kappa shape index (κ3) is 3.19. The molecule has 4 nitrogen and oxygen atoms in total. The van der Waals surface area contributed by atoms with E-state index in [9.17, 15) is 9.18 Å². The third-order valence-corrected chi connectivity index (χ3v) is 4.87. The van der Waals surface area contributed by atoms with Crippen LogP contribution in [0.3, 0.4) is 0 Å². The van der Waals surface area contributed by atoms with Crippen LogP contribution in [0.4, 0.5) is 10.1 Å². The Bertz CT molecular complexity index is 1110. The molecule has 0 aliphatic carbocycles. The molecule has 2 heterocycles. The minimum absolute atomic E-state index is 0.227. The first-order valence-corrected chi connectivity index (χ1v) is 8.86. The number of aryl methyl sites for hydroxylation is 1. The standard InChI is InChI=1S/C20H14FN3OS/c1-12-16(7-8-17(23-12)13-2-4-14(21)5-3-13)20(25)24-15-6-9-19-18(10-15)22-11-26-19/h2-11H,1H3,(H,24,25). The lowest BCUT2D eigenvalue weighted by Gasteiger charge is -2.09. The fourth-order valence-corrected chi connectivity index (χ4v) is 3.38. The van der Waals surface area contributed by atoms with Crippen LogP contribution < -0.4 is 5.32 Å². The van der Waals surface area contributed by atoms with E-state index in [1.54, 1.807) is 48.0 Å². The first-order chi connectivity index (χ1) is 12.6. The lowest BCUT2D eigenvalue weighted by Crippen LogP contribution is -2.14. The Labute approximate surface area is 153 Å². The SMILES string of the molecule is Cc1nc(-c2ccc(F)cc2)ccc1C(=O)Nc1ccc2scnc2c1. The number of thiazole rings is 1. The molecule has 6 heteroatoms. The number of carbonyl (C=O) groups is 1. The predicted octanol–water partition coefficient (Wildman–Crippen LogP) is 5.06. The second-order valence-electron chi connectivity index (χ2n) is 5.83. The van der Waals surface area contributed by atoms with Crippen LogP contribution in [0.5, 0.6) is 0 Å². The number of halogens is 1. The molecule has 2 aromatic carbocycles. The minimum atomic E-state index is -0.293. The highest BCUT2D eigenvalue weighted by atomic mass is 32.1. The van der Waals surface area contributed by atoms with Crippen LogP contribution in [0.2, 0.25) is 0 Å². The van der Waals surface area contributed by atoms with E-state index in [1.807, 2.05) is 18.2 Å². The molecule has 0 aliphatic heterocycles. The molecule has 2 aromatic heterocycles. The highest BCUT2D eigenvalue weighted by molar-refractivity contribution is 7.16. The van der Waals surface area contributed by atoms with Crippen LogP contribution in [0.1, 0.15) is 16.1 Å². The maximum absolute atomic E-state index is 13.1. The Balaban J connectivity index is 1.58. The van der Waals surface area contributed by atoms with Crippen LogP contribution in [0, 0.1) is 12.7 Å². The number of amides is 1. The van der Waals surface area contributed by atoms with Crippen LogP contribution in [0.15, 0.2) is 60.1 Å². The summed E-state index contributed by atoms with van der Waals surface area (Å²) in [7, 11) is 0. The van der Waals surface area contributed by atoms with Crippen LogP contribution in [0.25, 0.3) is 21.5 Å². The molecule has 0 bridgehead atoms. The van der Waals surface area contributed by atoms with Gasteiger partial charge in [0, 0.05) is 11.3 Å². The Kier molecular flexibility index (Phi) is 4.18. The van der Waals surface area contributed by atoms with E-state index >= 15 is 0 Å². The Morgan fingerprint density at radius 3 is 2.65 bits per heavy atom. The Hall–Kier alpha value is -3.12. The van der Waals surface area contributed by atoms with E-state index in [0.717, 1.165) is 15.8 Å². The third-order valence-electron chi connectivity index (χ3n) is 4.06. The number of hydrogen-bond acceptors (Lipinski definition) is 4. The number of fused-ring (bicyclic) bond motifs is 1. The van der Waals surface area contributed by atoms with Gasteiger partial charge in [-0.3, -0.25) is 9.78 Å². The van der Waals surface area contributed by atoms with E-state index in [0.29, 0.717) is 22.6 Å². The molecule has 0 radical (unpaired) electrons. The average Bonchev–Trinajstić information content (AvgIpc) is 3.10. The number of aromatic nitrogens is 2. The van der Waals surface area contributed by atoms with Gasteiger partial charge in [0.1, 0.15) is 5.82 Å². The summed E-state index contributed by atoms with van der Waals surface area (Å²) >= 11 is 1.56. The second kappa shape index (κ2) is 6.65. The zero-order valence-electron chi connectivity index (χ0n) is 13.9. The molecular formula is C20H14FN3OS. The summed E-state index contributed by atoms with van der Waals surface area (Å²) in [6.45, 7) is 1.78. The maximum atomic E-state index is 13.1. The van der Waals surface area contributed by atoms with Crippen molar-refractivity contribution < 1.29 is 9.18 Å². The molecule has 0 atom stereocenters. The minimum Gasteiger partial charge on any atom is -0.322 e. The smallest absolute Gasteiger partial charge is 0.257 e. The largest absolute Gasteiger partial charge is 0.322 e. The van der Waals surface area contributed by atoms with Crippen molar-refractivity contribution in [2.75, 3.05) is 5.32 Å². The van der Waals surface area contributed by atoms with E-state index in [2.05, 4.69) is 15.3 Å². The van der Waals surface area contributed by atoms with Crippen LogP contribution >= 0.6 is 11.3 Å². The second-order valence-corrected chi connectivity index (χ2v) is 6.71. The van der Waals surface area contributed by atoms with Crippen molar-refractivity contribution in [2.45, 2.75) is 6.92 Å². The van der Waals surface area contributed by atoms with E-state index in [-0.39, 0.29) is 11.7 Å². The molecule has 0 saturated heterocycles. The fraction of sp³-hybridized carbons (Fsp3) is 0.0500. The van der Waals surface area contributed by atoms with Gasteiger partial charge in [0.15, 0.2) is 0 Å². The topological polar surface area (TPSA) is 54.9 Å². The Morgan fingerprint density at radius 1 is 1.08 bits per heavy atom. The molecule has 0 aliphatic rings. The van der Waals surface area contributed by atoms with Gasteiger partial charge in [0.25, 0.3) is 5.91 Å². The summed E-state index contributed by atoms with van der Waals surface area (Å²) in [5, 5.41) is 2.88. The molecule has 4 rings (SSSR count). The van der Waals surface area contributed by atoms with Gasteiger partial charge in [0.05, 0.1) is 32.7 Å². The van der Waals surface area contributed by atoms with Gasteiger partial charge in [-0.1, -0.05) is 0 Å². The number of carbonyl (C=O) groups excluding carboxylic acids is 1. The monoisotopic (exact) mass is 363 g/mol. The summed E-state index contributed by atoms with van der Waals surface area (Å²) in [6, 6.07) is 15.2. The first kappa shape index (κ1) is 16.4. The van der Waals surface area contributed by atoms with E-state index < -0.39 is 0 Å². The number of anilines is 1. The van der Waals surface area contributed by atoms with Crippen molar-refractivity contribution >= 4 is 33.1 Å². The number of pyridine rings is 1. The highest BCUT2D eigenvalue weighted by Crippen LogP contribution is 2.23. The highest BCUT2D eigenvalue weighted by Gasteiger charge is 2.12. The summed E-state index contributed by atoms with van der Waals surface area (Å²) in [5.74, 6) is -0.520. The zero-order valence-corrected chi connectivity index (χ0v) is 14.7. The predicted molar refractivity (Wildman–Crippen MR) is 102 cm³/mol. The maximum Gasteiger partial charge on any atom is 0.257 e. The molecule has 0 fully saturated rings. The lowest BCUT2D eigenvalue weighted by atomic mass is 10.1. The van der Waals surface area contributed by atoms with Gasteiger partial charge in [-0.15, -0.1) is 11.3 Å². The molecule has 1 amide bonds. The fourth-order valence-electron chi connectivity index (χ4n) is 2.72. The number of nitrogens with one attached hydrogen (secondary N) is 1. The zero-order chi connectivity index (χ0) is 18.1. The van der Waals surface area contributed by atoms with Crippen molar-refractivity contribution in [3.8, 4) is 11.3 Å². The normalized spacial score (nSPS) is 10.8. The van der Waals surface area contributed by atoms with Gasteiger partial charge < -0.3 is 5.32 Å².